The Morgan fingerprint density at radius 2 is 1.81 bits per heavy atom. The molecular weight excluding hydrogens is 424 g/mol. The third-order valence-corrected chi connectivity index (χ3v) is 5.41. The molecule has 0 radical (unpaired) electrons. The van der Waals surface area contributed by atoms with Gasteiger partial charge in [-0.2, -0.15) is 0 Å². The normalized spacial score (nSPS) is 18.3. The molecule has 10 heteroatoms. The van der Waals surface area contributed by atoms with Gasteiger partial charge in [-0.3, -0.25) is 14.4 Å². The molecule has 3 amide bonds. The molecule has 1 saturated heterocycles. The number of amides is 3. The first-order valence-electron chi connectivity index (χ1n) is 10.0. The summed E-state index contributed by atoms with van der Waals surface area (Å²) in [6, 6.07) is 6.82. The third-order valence-electron chi connectivity index (χ3n) is 5.41. The molecule has 2 unspecified atom stereocenters. The van der Waals surface area contributed by atoms with Crippen molar-refractivity contribution in [2.45, 2.75) is 12.5 Å². The molecule has 2 aliphatic heterocycles. The summed E-state index contributed by atoms with van der Waals surface area (Å²) in [5, 5.41) is 4.94. The fourth-order valence-electron chi connectivity index (χ4n) is 3.73. The molecule has 0 bridgehead atoms. The summed E-state index contributed by atoms with van der Waals surface area (Å²) >= 11 is 0. The number of hydrogen-bond acceptors (Lipinski definition) is 5. The molecule has 1 fully saturated rings. The SMILES string of the molecule is CNC(=O)C(NC(=O)C1CC(=O)N(c2ccc3c(c2)OCCO3)C1)c1ccc(F)c(F)c1. The first kappa shape index (κ1) is 21.5. The molecule has 4 rings (SSSR count). The Hall–Kier alpha value is -3.69. The molecule has 0 aromatic heterocycles. The molecule has 168 valence electrons. The number of likely N-dealkylation sites (N-methyl/N-ethyl adjacent to an activating group) is 1. The van der Waals surface area contributed by atoms with Gasteiger partial charge in [0.05, 0.1) is 5.92 Å². The van der Waals surface area contributed by atoms with Gasteiger partial charge in [0.2, 0.25) is 17.7 Å². The van der Waals surface area contributed by atoms with Gasteiger partial charge in [-0.15, -0.1) is 0 Å². The number of nitrogens with zero attached hydrogens (tertiary/aromatic N) is 1. The second kappa shape index (κ2) is 8.81. The lowest BCUT2D eigenvalue weighted by Gasteiger charge is -2.22. The first-order valence-corrected chi connectivity index (χ1v) is 10.0. The van der Waals surface area contributed by atoms with Crippen LogP contribution in [0, 0.1) is 17.6 Å². The van der Waals surface area contributed by atoms with Crippen LogP contribution in [0.2, 0.25) is 0 Å². The Bertz CT molecular complexity index is 1080. The highest BCUT2D eigenvalue weighted by molar-refractivity contribution is 6.01. The smallest absolute Gasteiger partial charge is 0.246 e. The number of hydrogen-bond donors (Lipinski definition) is 2. The van der Waals surface area contributed by atoms with Gasteiger partial charge in [-0.25, -0.2) is 8.78 Å². The van der Waals surface area contributed by atoms with Gasteiger partial charge in [0, 0.05) is 31.8 Å². The molecular formula is C22H21F2N3O5. The van der Waals surface area contributed by atoms with E-state index in [1.54, 1.807) is 18.2 Å². The fraction of sp³-hybridized carbons (Fsp3) is 0.318. The Morgan fingerprint density at radius 3 is 2.53 bits per heavy atom. The van der Waals surface area contributed by atoms with E-state index in [1.165, 1.54) is 18.0 Å². The minimum absolute atomic E-state index is 0.0570. The van der Waals surface area contributed by atoms with Crippen LogP contribution >= 0.6 is 0 Å². The number of carbonyl (C=O) groups excluding carboxylic acids is 3. The molecule has 2 aliphatic rings. The van der Waals surface area contributed by atoms with Gasteiger partial charge in [0.15, 0.2) is 23.1 Å². The van der Waals surface area contributed by atoms with Crippen LogP contribution in [0.3, 0.4) is 0 Å². The predicted molar refractivity (Wildman–Crippen MR) is 109 cm³/mol. The molecule has 8 nitrogen and oxygen atoms in total. The fourth-order valence-corrected chi connectivity index (χ4v) is 3.73. The second-order valence-electron chi connectivity index (χ2n) is 7.46. The maximum atomic E-state index is 13.7. The highest BCUT2D eigenvalue weighted by atomic mass is 19.2. The zero-order valence-corrected chi connectivity index (χ0v) is 17.2. The lowest BCUT2D eigenvalue weighted by Crippen LogP contribution is -2.42. The lowest BCUT2D eigenvalue weighted by molar-refractivity contribution is -0.131. The van der Waals surface area contributed by atoms with Crippen molar-refractivity contribution in [3.05, 3.63) is 53.6 Å². The zero-order chi connectivity index (χ0) is 22.8. The van der Waals surface area contributed by atoms with E-state index >= 15 is 0 Å². The van der Waals surface area contributed by atoms with E-state index in [-0.39, 0.29) is 24.4 Å². The minimum Gasteiger partial charge on any atom is -0.486 e. The summed E-state index contributed by atoms with van der Waals surface area (Å²) in [6.45, 7) is 0.949. The summed E-state index contributed by atoms with van der Waals surface area (Å²) in [5.41, 5.74) is 0.655. The van der Waals surface area contributed by atoms with Crippen molar-refractivity contribution >= 4 is 23.4 Å². The molecule has 2 N–H and O–H groups in total. The van der Waals surface area contributed by atoms with Crippen molar-refractivity contribution in [3.8, 4) is 11.5 Å². The van der Waals surface area contributed by atoms with Gasteiger partial charge in [0.25, 0.3) is 0 Å². The first-order chi connectivity index (χ1) is 15.4. The van der Waals surface area contributed by atoms with E-state index in [0.29, 0.717) is 30.4 Å². The third kappa shape index (κ3) is 4.20. The number of nitrogens with one attached hydrogen (secondary N) is 2. The highest BCUT2D eigenvalue weighted by Crippen LogP contribution is 2.36. The maximum absolute atomic E-state index is 13.7. The van der Waals surface area contributed by atoms with Crippen LogP contribution in [-0.2, 0) is 14.4 Å². The van der Waals surface area contributed by atoms with Crippen molar-refractivity contribution in [1.82, 2.24) is 10.6 Å². The van der Waals surface area contributed by atoms with Crippen LogP contribution in [0.5, 0.6) is 11.5 Å². The quantitative estimate of drug-likeness (QED) is 0.730. The van der Waals surface area contributed by atoms with E-state index in [9.17, 15) is 23.2 Å². The summed E-state index contributed by atoms with van der Waals surface area (Å²) < 4.78 is 38.0. The number of benzene rings is 2. The number of carbonyl (C=O) groups is 3. The lowest BCUT2D eigenvalue weighted by atomic mass is 10.0. The van der Waals surface area contributed by atoms with E-state index in [4.69, 9.17) is 9.47 Å². The average Bonchev–Trinajstić information content (AvgIpc) is 3.20. The molecule has 32 heavy (non-hydrogen) atoms. The molecule has 2 aromatic carbocycles. The van der Waals surface area contributed by atoms with Crippen molar-refractivity contribution < 1.29 is 32.6 Å². The molecule has 2 aromatic rings. The number of halogens is 2. The second-order valence-corrected chi connectivity index (χ2v) is 7.46. The Kier molecular flexibility index (Phi) is 5.93. The minimum atomic E-state index is -1.24. The number of rotatable bonds is 5. The summed E-state index contributed by atoms with van der Waals surface area (Å²) in [5.74, 6) is -3.22. The van der Waals surface area contributed by atoms with Crippen LogP contribution < -0.4 is 25.0 Å². The average molecular weight is 445 g/mol. The Morgan fingerprint density at radius 1 is 1.06 bits per heavy atom. The number of ether oxygens (including phenoxy) is 2. The van der Waals surface area contributed by atoms with Gasteiger partial charge in [-0.1, -0.05) is 6.07 Å². The standard InChI is InChI=1S/C22H21F2N3O5/c1-25-22(30)20(12-2-4-15(23)16(24)8-12)26-21(29)13-9-19(28)27(11-13)14-3-5-17-18(10-14)32-7-6-31-17/h2-5,8,10,13,20H,6-7,9,11H2,1H3,(H,25,30)(H,26,29). The molecule has 2 heterocycles. The molecule has 0 saturated carbocycles. The van der Waals surface area contributed by atoms with Crippen molar-refractivity contribution in [2.24, 2.45) is 5.92 Å². The zero-order valence-electron chi connectivity index (χ0n) is 17.2. The van der Waals surface area contributed by atoms with Gasteiger partial charge >= 0.3 is 0 Å². The van der Waals surface area contributed by atoms with Crippen LogP contribution in [0.25, 0.3) is 0 Å². The monoisotopic (exact) mass is 445 g/mol. The molecule has 2 atom stereocenters. The summed E-state index contributed by atoms with van der Waals surface area (Å²) in [6.07, 6.45) is -0.0570. The summed E-state index contributed by atoms with van der Waals surface area (Å²) in [7, 11) is 1.37. The maximum Gasteiger partial charge on any atom is 0.246 e. The van der Waals surface area contributed by atoms with E-state index < -0.39 is 35.4 Å². The Labute approximate surface area is 182 Å². The Balaban J connectivity index is 1.49. The van der Waals surface area contributed by atoms with Gasteiger partial charge < -0.3 is 25.0 Å². The van der Waals surface area contributed by atoms with Crippen LogP contribution in [0.4, 0.5) is 14.5 Å². The molecule has 0 spiro atoms. The van der Waals surface area contributed by atoms with Crippen LogP contribution in [0.1, 0.15) is 18.0 Å². The molecule has 0 aliphatic carbocycles. The van der Waals surface area contributed by atoms with Crippen molar-refractivity contribution in [2.75, 3.05) is 31.7 Å². The van der Waals surface area contributed by atoms with E-state index in [0.717, 1.165) is 12.1 Å². The topological polar surface area (TPSA) is 97.0 Å². The van der Waals surface area contributed by atoms with Gasteiger partial charge in [-0.05, 0) is 29.8 Å². The number of fused-ring (bicyclic) bond motifs is 1. The van der Waals surface area contributed by atoms with Gasteiger partial charge in [0.1, 0.15) is 19.3 Å². The van der Waals surface area contributed by atoms with Crippen LogP contribution in [0.15, 0.2) is 36.4 Å². The highest BCUT2D eigenvalue weighted by Gasteiger charge is 2.37. The summed E-state index contributed by atoms with van der Waals surface area (Å²) in [4.78, 5) is 39.2. The van der Waals surface area contributed by atoms with Crippen LogP contribution in [-0.4, -0.2) is 44.5 Å². The van der Waals surface area contributed by atoms with Crippen molar-refractivity contribution in [1.29, 1.82) is 0 Å². The van der Waals surface area contributed by atoms with E-state index in [1.807, 2.05) is 0 Å². The van der Waals surface area contributed by atoms with E-state index in [2.05, 4.69) is 10.6 Å². The largest absolute Gasteiger partial charge is 0.486 e. The number of anilines is 1. The predicted octanol–water partition coefficient (Wildman–Crippen LogP) is 1.69. The van der Waals surface area contributed by atoms with Crippen molar-refractivity contribution in [3.63, 3.8) is 0 Å².